The van der Waals surface area contributed by atoms with Crippen molar-refractivity contribution in [1.29, 1.82) is 0 Å². The number of carbonyl (C=O) groups is 1. The van der Waals surface area contributed by atoms with Crippen LogP contribution in [-0.2, 0) is 29.5 Å². The van der Waals surface area contributed by atoms with Gasteiger partial charge in [-0.3, -0.25) is 0 Å². The van der Waals surface area contributed by atoms with Crippen LogP contribution in [0.4, 0.5) is 0 Å². The normalized spacial score (nSPS) is 11.5. The number of hydrogen-bond acceptors (Lipinski definition) is 5. The summed E-state index contributed by atoms with van der Waals surface area (Å²) in [5.74, 6) is -0.194. The maximum absolute atomic E-state index is 10.6. The van der Waals surface area contributed by atoms with E-state index < -0.39 is 5.97 Å². The molecule has 0 amide bonds. The van der Waals surface area contributed by atoms with Gasteiger partial charge in [-0.2, -0.15) is 0 Å². The maximum atomic E-state index is 10.6. The van der Waals surface area contributed by atoms with Gasteiger partial charge in [0.05, 0.1) is 17.3 Å². The van der Waals surface area contributed by atoms with Gasteiger partial charge >= 0.3 is 0 Å². The highest BCUT2D eigenvalue weighted by molar-refractivity contribution is 7.09. The zero-order chi connectivity index (χ0) is 17.7. The van der Waals surface area contributed by atoms with E-state index in [1.165, 1.54) is 22.5 Å². The van der Waals surface area contributed by atoms with Crippen molar-refractivity contribution in [2.75, 3.05) is 6.61 Å². The minimum atomic E-state index is -1.10. The Balaban J connectivity index is 2.01. The largest absolute Gasteiger partial charge is 0.550 e. The van der Waals surface area contributed by atoms with Crippen LogP contribution in [0.5, 0.6) is 5.75 Å². The van der Waals surface area contributed by atoms with E-state index >= 15 is 0 Å². The SMILES string of the molecule is CCc1ccc(OCCc2nc(CC(=O)[O-])cs2)c(C(C)(C)C)c1. The monoisotopic (exact) mass is 346 g/mol. The molecule has 0 bridgehead atoms. The molecule has 1 heterocycles. The number of aliphatic carboxylic acids is 1. The number of carboxylic acid groups (broad SMARTS) is 1. The van der Waals surface area contributed by atoms with E-state index in [-0.39, 0.29) is 11.8 Å². The summed E-state index contributed by atoms with van der Waals surface area (Å²) in [4.78, 5) is 14.9. The summed E-state index contributed by atoms with van der Waals surface area (Å²) in [6.07, 6.45) is 1.53. The molecule has 4 nitrogen and oxygen atoms in total. The molecule has 2 rings (SSSR count). The molecule has 0 saturated heterocycles. The first kappa shape index (κ1) is 18.5. The fraction of sp³-hybridized carbons (Fsp3) is 0.474. The van der Waals surface area contributed by atoms with Crippen molar-refractivity contribution < 1.29 is 14.6 Å². The second-order valence-corrected chi connectivity index (χ2v) is 7.76. The number of ether oxygens (including phenoxy) is 1. The third kappa shape index (κ3) is 5.06. The van der Waals surface area contributed by atoms with Gasteiger partial charge in [0.15, 0.2) is 0 Å². The molecule has 2 aromatic rings. The summed E-state index contributed by atoms with van der Waals surface area (Å²) < 4.78 is 6.00. The lowest BCUT2D eigenvalue weighted by atomic mass is 9.85. The molecule has 0 atom stereocenters. The number of nitrogens with zero attached hydrogens (tertiary/aromatic N) is 1. The molecule has 0 N–H and O–H groups in total. The first-order chi connectivity index (χ1) is 11.3. The molecular formula is C19H24NO3S-. The van der Waals surface area contributed by atoms with Crippen molar-refractivity contribution in [1.82, 2.24) is 4.98 Å². The van der Waals surface area contributed by atoms with Gasteiger partial charge in [-0.05, 0) is 29.0 Å². The molecule has 1 aromatic heterocycles. The molecule has 5 heteroatoms. The van der Waals surface area contributed by atoms with Crippen molar-refractivity contribution in [2.24, 2.45) is 0 Å². The second-order valence-electron chi connectivity index (χ2n) is 6.81. The standard InChI is InChI=1S/C19H25NO3S/c1-5-13-6-7-16(15(10-13)19(2,3)4)23-9-8-17-20-14(12-24-17)11-18(21)22/h6-7,10,12H,5,8-9,11H2,1-4H3,(H,21,22)/p-1. The smallest absolute Gasteiger partial charge is 0.123 e. The highest BCUT2D eigenvalue weighted by Gasteiger charge is 2.19. The number of carboxylic acids is 1. The predicted octanol–water partition coefficient (Wildman–Crippen LogP) is 2.92. The first-order valence-corrected chi connectivity index (χ1v) is 9.07. The summed E-state index contributed by atoms with van der Waals surface area (Å²) in [6, 6.07) is 6.37. The van der Waals surface area contributed by atoms with Crippen LogP contribution < -0.4 is 9.84 Å². The molecule has 0 radical (unpaired) electrons. The molecule has 1 aromatic carbocycles. The molecule has 0 unspecified atom stereocenters. The van der Waals surface area contributed by atoms with E-state index in [9.17, 15) is 9.90 Å². The molecule has 24 heavy (non-hydrogen) atoms. The highest BCUT2D eigenvalue weighted by Crippen LogP contribution is 2.32. The van der Waals surface area contributed by atoms with Crippen LogP contribution in [0.2, 0.25) is 0 Å². The summed E-state index contributed by atoms with van der Waals surface area (Å²) in [5.41, 5.74) is 3.08. The summed E-state index contributed by atoms with van der Waals surface area (Å²) in [5, 5.41) is 13.2. The Morgan fingerprint density at radius 2 is 2.08 bits per heavy atom. The molecule has 0 aliphatic rings. The third-order valence-electron chi connectivity index (χ3n) is 3.76. The fourth-order valence-electron chi connectivity index (χ4n) is 2.45. The number of carbonyl (C=O) groups excluding carboxylic acids is 1. The Labute approximate surface area is 147 Å². The quantitative estimate of drug-likeness (QED) is 0.773. The number of aromatic nitrogens is 1. The van der Waals surface area contributed by atoms with Gasteiger partial charge in [0.1, 0.15) is 5.75 Å². The van der Waals surface area contributed by atoms with Gasteiger partial charge in [0, 0.05) is 24.2 Å². The van der Waals surface area contributed by atoms with Gasteiger partial charge in [-0.15, -0.1) is 11.3 Å². The fourth-order valence-corrected chi connectivity index (χ4v) is 3.23. The maximum Gasteiger partial charge on any atom is 0.123 e. The number of rotatable bonds is 7. The average Bonchev–Trinajstić information content (AvgIpc) is 2.93. The van der Waals surface area contributed by atoms with Gasteiger partial charge in [-0.1, -0.05) is 39.8 Å². The molecule has 0 fully saturated rings. The number of hydrogen-bond donors (Lipinski definition) is 0. The van der Waals surface area contributed by atoms with Crippen LogP contribution in [0.25, 0.3) is 0 Å². The van der Waals surface area contributed by atoms with Crippen LogP contribution in [-0.4, -0.2) is 17.6 Å². The van der Waals surface area contributed by atoms with E-state index in [4.69, 9.17) is 4.74 Å². The lowest BCUT2D eigenvalue weighted by Gasteiger charge is -2.23. The van der Waals surface area contributed by atoms with Crippen molar-refractivity contribution >= 4 is 17.3 Å². The summed E-state index contributed by atoms with van der Waals surface area (Å²) in [6.45, 7) is 9.22. The van der Waals surface area contributed by atoms with E-state index in [2.05, 4.69) is 44.8 Å². The Morgan fingerprint density at radius 3 is 2.71 bits per heavy atom. The Kier molecular flexibility index (Phi) is 5.99. The zero-order valence-electron chi connectivity index (χ0n) is 14.7. The molecule has 0 aliphatic heterocycles. The van der Waals surface area contributed by atoms with Crippen LogP contribution in [0.15, 0.2) is 23.6 Å². The lowest BCUT2D eigenvalue weighted by molar-refractivity contribution is -0.304. The van der Waals surface area contributed by atoms with Crippen molar-refractivity contribution in [3.8, 4) is 5.75 Å². The summed E-state index contributed by atoms with van der Waals surface area (Å²) >= 11 is 1.46. The first-order valence-electron chi connectivity index (χ1n) is 8.19. The Bertz CT molecular complexity index is 701. The molecule has 130 valence electrons. The van der Waals surface area contributed by atoms with Crippen LogP contribution >= 0.6 is 11.3 Å². The topological polar surface area (TPSA) is 62.2 Å². The Morgan fingerprint density at radius 1 is 1.33 bits per heavy atom. The zero-order valence-corrected chi connectivity index (χ0v) is 15.5. The van der Waals surface area contributed by atoms with E-state index in [1.54, 1.807) is 5.38 Å². The molecule has 0 spiro atoms. The van der Waals surface area contributed by atoms with Crippen molar-refractivity contribution in [3.63, 3.8) is 0 Å². The van der Waals surface area contributed by atoms with Gasteiger partial charge in [0.2, 0.25) is 0 Å². The van der Waals surface area contributed by atoms with E-state index in [0.29, 0.717) is 18.7 Å². The average molecular weight is 346 g/mol. The third-order valence-corrected chi connectivity index (χ3v) is 4.72. The summed E-state index contributed by atoms with van der Waals surface area (Å²) in [7, 11) is 0. The van der Waals surface area contributed by atoms with Crippen LogP contribution in [0.1, 0.15) is 49.5 Å². The minimum absolute atomic E-state index is 0.0172. The number of thiazole rings is 1. The van der Waals surface area contributed by atoms with Gasteiger partial charge in [-0.25, -0.2) is 4.98 Å². The highest BCUT2D eigenvalue weighted by atomic mass is 32.1. The van der Waals surface area contributed by atoms with Gasteiger partial charge < -0.3 is 14.6 Å². The Hall–Kier alpha value is -1.88. The van der Waals surface area contributed by atoms with E-state index in [1.807, 2.05) is 6.07 Å². The molecule has 0 aliphatic carbocycles. The van der Waals surface area contributed by atoms with Crippen molar-refractivity contribution in [2.45, 2.75) is 52.4 Å². The predicted molar refractivity (Wildman–Crippen MR) is 94.5 cm³/mol. The minimum Gasteiger partial charge on any atom is -0.550 e. The lowest BCUT2D eigenvalue weighted by Crippen LogP contribution is -2.24. The molecular weight excluding hydrogens is 322 g/mol. The van der Waals surface area contributed by atoms with Crippen molar-refractivity contribution in [3.05, 3.63) is 45.4 Å². The van der Waals surface area contributed by atoms with Crippen LogP contribution in [0.3, 0.4) is 0 Å². The number of benzene rings is 1. The number of aryl methyl sites for hydroxylation is 1. The molecule has 0 saturated carbocycles. The van der Waals surface area contributed by atoms with E-state index in [0.717, 1.165) is 17.2 Å². The van der Waals surface area contributed by atoms with Crippen LogP contribution in [0, 0.1) is 0 Å². The second kappa shape index (κ2) is 7.79. The van der Waals surface area contributed by atoms with Gasteiger partial charge in [0.25, 0.3) is 0 Å².